The maximum absolute atomic E-state index is 14.5. The summed E-state index contributed by atoms with van der Waals surface area (Å²) in [5.41, 5.74) is 6.18. The number of hydrogen-bond acceptors (Lipinski definition) is 32. The van der Waals surface area contributed by atoms with Crippen molar-refractivity contribution in [3.63, 3.8) is 0 Å². The smallest absolute Gasteiger partial charge is 0.326 e. The molecule has 792 valence electrons. The van der Waals surface area contributed by atoms with E-state index in [-0.39, 0.29) is 51.0 Å². The summed E-state index contributed by atoms with van der Waals surface area (Å²) in [5, 5.41) is 168. The van der Waals surface area contributed by atoms with Crippen molar-refractivity contribution < 1.29 is 157 Å². The summed E-state index contributed by atoms with van der Waals surface area (Å²) in [6.07, 6.45) is -6.54. The molecule has 1 aliphatic heterocycles. The molecule has 1 aliphatic rings. The summed E-state index contributed by atoms with van der Waals surface area (Å²) < 4.78 is 0. The Bertz CT molecular complexity index is 4590. The summed E-state index contributed by atoms with van der Waals surface area (Å²) in [6, 6.07) is -13.5. The van der Waals surface area contributed by atoms with Crippen LogP contribution in [0.2, 0.25) is 0 Å². The Morgan fingerprint density at radius 1 is 0.366 bits per heavy atom. The van der Waals surface area contributed by atoms with E-state index in [1.807, 2.05) is 16.0 Å². The van der Waals surface area contributed by atoms with Gasteiger partial charge in [-0.3, -0.25) is 101 Å². The number of carboxylic acids is 2. The lowest BCUT2D eigenvalue weighted by molar-refractivity contribution is -0.143. The van der Waals surface area contributed by atoms with E-state index in [0.717, 1.165) is 20.8 Å². The number of carbonyl (C=O) groups excluding carboxylic acids is 19. The van der Waals surface area contributed by atoms with Crippen molar-refractivity contribution >= 4 is 130 Å². The third-order valence-electron chi connectivity index (χ3n) is 21.7. The molecule has 1 heterocycles. The highest BCUT2D eigenvalue weighted by Crippen LogP contribution is 2.16. The van der Waals surface area contributed by atoms with Gasteiger partial charge in [0.2, 0.25) is 112 Å². The number of aliphatic hydroxyl groups is 9. The molecule has 0 bridgehead atoms. The minimum Gasteiger partial charge on any atom is -0.481 e. The number of nitrogens with one attached hydrogen (secondary N) is 22. The number of carboxylic acid groups (broad SMARTS) is 2. The van der Waals surface area contributed by atoms with E-state index >= 15 is 0 Å². The van der Waals surface area contributed by atoms with Gasteiger partial charge in [-0.2, -0.15) is 0 Å². The lowest BCUT2D eigenvalue weighted by atomic mass is 9.97. The molecule has 19 amide bonds. The highest BCUT2D eigenvalue weighted by Gasteiger charge is 2.42. The first-order valence-electron chi connectivity index (χ1n) is 45.7. The second-order valence-corrected chi connectivity index (χ2v) is 34.4. The molecule has 2 aromatic rings. The van der Waals surface area contributed by atoms with Crippen LogP contribution in [0.15, 0.2) is 60.7 Å². The van der Waals surface area contributed by atoms with Gasteiger partial charge < -0.3 is 174 Å². The molecule has 0 saturated carbocycles. The predicted molar refractivity (Wildman–Crippen MR) is 496 cm³/mol. The van der Waals surface area contributed by atoms with Crippen LogP contribution in [-0.4, -0.2) is 380 Å². The van der Waals surface area contributed by atoms with E-state index in [1.54, 1.807) is 71.0 Å². The second kappa shape index (κ2) is 63.1. The highest BCUT2D eigenvalue weighted by molar-refractivity contribution is 6.02. The van der Waals surface area contributed by atoms with Crippen molar-refractivity contribution in [2.45, 2.75) is 248 Å². The van der Waals surface area contributed by atoms with E-state index in [1.165, 1.54) is 31.2 Å². The number of carbonyl (C=O) groups is 21. The number of benzene rings is 2. The van der Waals surface area contributed by atoms with Gasteiger partial charge in [-0.15, -0.1) is 0 Å². The monoisotopic (exact) mass is 2020 g/mol. The van der Waals surface area contributed by atoms with Crippen molar-refractivity contribution in [2.24, 2.45) is 23.5 Å². The molecule has 0 aliphatic carbocycles. The third-order valence-corrected chi connectivity index (χ3v) is 21.7. The summed E-state index contributed by atoms with van der Waals surface area (Å²) in [4.78, 5) is 284. The van der Waals surface area contributed by atoms with Gasteiger partial charge in [-0.1, -0.05) is 109 Å². The molecule has 0 spiro atoms. The molecule has 1 fully saturated rings. The van der Waals surface area contributed by atoms with Crippen molar-refractivity contribution in [2.75, 3.05) is 72.4 Å². The zero-order valence-corrected chi connectivity index (χ0v) is 80.0. The first kappa shape index (κ1) is 122. The quantitative estimate of drug-likeness (QED) is 0.0166. The Morgan fingerprint density at radius 2 is 0.676 bits per heavy atom. The average molecular weight is 2020 g/mol. The SMILES string of the molecule is CC[C@H](C)[C@H](NC(=O)[C@@H](NC(=O)[C@H](CC(C)C)NC(=O)[C@@H](NC(=O)[C@H](Cc1ccccc1)NC(=O)[C@H](CC(=O)O)NC(=O)[C@@H](NC(=O)CNC(=O)[C@H](CO)NC(=O)CNC(=O)[C@H](CO)NC(=O)CNC(=O)[C@H](CO)NC(=O)[C@H](Cc1ccccc1)NC(=O)[C@H](CCCNC(=N)N)NC(=O)[C@H](CO)NC(=O)[C@@H]1CCCN1)[C@@H](C)O)[C@@H](C)O)[C@@H](C)O)C(=O)N[C@@H](CO)C(=O)N[C@@H](CO)C(=O)N[C@@H](CC(C)C)C(=O)O. The van der Waals surface area contributed by atoms with Crippen molar-refractivity contribution in [3.8, 4) is 0 Å². The highest BCUT2D eigenvalue weighted by atomic mass is 16.4. The molecule has 55 nitrogen and oxygen atoms in total. The fraction of sp³-hybridized carbons (Fsp3) is 0.609. The van der Waals surface area contributed by atoms with Crippen LogP contribution < -0.4 is 117 Å². The maximum Gasteiger partial charge on any atom is 0.326 e. The molecule has 2 aromatic carbocycles. The number of amides is 19. The van der Waals surface area contributed by atoms with E-state index in [9.17, 15) is 157 Å². The van der Waals surface area contributed by atoms with Crippen LogP contribution in [-0.2, 0) is 114 Å². The second-order valence-electron chi connectivity index (χ2n) is 34.4. The molecule has 21 atom stereocenters. The van der Waals surface area contributed by atoms with Gasteiger partial charge in [-0.25, -0.2) is 4.79 Å². The van der Waals surface area contributed by atoms with Crippen LogP contribution in [0.3, 0.4) is 0 Å². The van der Waals surface area contributed by atoms with Gasteiger partial charge >= 0.3 is 11.9 Å². The molecular weight excluding hydrogens is 1880 g/mol. The fourth-order valence-electron chi connectivity index (χ4n) is 13.7. The number of hydrogen-bond donors (Lipinski definition) is 34. The minimum atomic E-state index is -2.18. The molecule has 142 heavy (non-hydrogen) atoms. The van der Waals surface area contributed by atoms with E-state index < -0.39 is 335 Å². The van der Waals surface area contributed by atoms with Gasteiger partial charge in [0.25, 0.3) is 0 Å². The van der Waals surface area contributed by atoms with Gasteiger partial charge in [0.15, 0.2) is 5.96 Å². The largest absolute Gasteiger partial charge is 0.481 e. The zero-order chi connectivity index (χ0) is 107. The van der Waals surface area contributed by atoms with E-state index in [0.29, 0.717) is 30.5 Å². The molecule has 35 N–H and O–H groups in total. The van der Waals surface area contributed by atoms with Crippen LogP contribution in [0.25, 0.3) is 0 Å². The summed E-state index contributed by atoms with van der Waals surface area (Å²) in [7, 11) is 0. The van der Waals surface area contributed by atoms with Crippen molar-refractivity contribution in [1.82, 2.24) is 112 Å². The number of guanidine groups is 1. The lowest BCUT2D eigenvalue weighted by Crippen LogP contribution is -2.64. The first-order valence-corrected chi connectivity index (χ1v) is 45.7. The summed E-state index contributed by atoms with van der Waals surface area (Å²) in [5.74, 6) is -27.3. The van der Waals surface area contributed by atoms with E-state index in [4.69, 9.17) is 11.1 Å². The first-order chi connectivity index (χ1) is 67.0. The average Bonchev–Trinajstić information content (AvgIpc) is 0.936. The normalized spacial score (nSPS) is 16.4. The minimum absolute atomic E-state index is 0.0261. The van der Waals surface area contributed by atoms with Gasteiger partial charge in [0, 0.05) is 19.4 Å². The number of aliphatic carboxylic acids is 2. The number of aliphatic hydroxyl groups excluding tert-OH is 9. The molecule has 55 heteroatoms. The van der Waals surface area contributed by atoms with Crippen LogP contribution in [0, 0.1) is 23.2 Å². The molecule has 1 saturated heterocycles. The Labute approximate surface area is 816 Å². The maximum atomic E-state index is 14.5. The topological polar surface area (TPSA) is 884 Å². The molecule has 0 radical (unpaired) electrons. The van der Waals surface area contributed by atoms with Crippen LogP contribution in [0.1, 0.15) is 125 Å². The van der Waals surface area contributed by atoms with E-state index in [2.05, 4.69) is 95.7 Å². The van der Waals surface area contributed by atoms with Crippen LogP contribution in [0.5, 0.6) is 0 Å². The Balaban J connectivity index is 1.70. The van der Waals surface area contributed by atoms with Crippen molar-refractivity contribution in [3.05, 3.63) is 71.8 Å². The summed E-state index contributed by atoms with van der Waals surface area (Å²) >= 11 is 0. The van der Waals surface area contributed by atoms with Crippen LogP contribution in [0.4, 0.5) is 0 Å². The molecule has 0 unspecified atom stereocenters. The predicted octanol–water partition coefficient (Wildman–Crippen LogP) is -14.6. The zero-order valence-electron chi connectivity index (χ0n) is 80.0. The Hall–Kier alpha value is -13.8. The molecule has 3 rings (SSSR count). The standard InChI is InChI=1S/C87H137N23O32/c1-10-43(6)66(82(137)106-61(40-116)81(136)105-60(39-115)80(135)102-55(86(141)142)28-42(4)5)108-85(140)69(46(9)119)110-77(132)51(27-41(2)3)100-84(139)68(45(8)118)109-78(133)53(30-48-21-15-12-16-22-48)99-76(131)54(31-65(123)124)101-83(138)67(44(7)117)107-64(122)34-94-71(126)57(36-112)96-62(120)32-92-70(125)56(35-111)95-63(121)33-93-72(127)58(37-113)103-75(130)52(29-47-19-13-11-14-20-47)98-74(129)50(24-18-26-91-87(88)89)97-79(134)59(38-114)104-73(128)49-23-17-25-90-49/h11-16,19-22,41-46,49-61,66-69,90,111-119H,10,17-18,23-40H2,1-9H3,(H,92,125)(H,93,127)(H,94,126)(H,95,121)(H,96,120)(H,97,134)(H,98,129)(H,99,131)(H,100,139)(H,101,138)(H,102,135)(H,103,130)(H,104,128)(H,105,136)(H,106,137)(H,107,122)(H,108,140)(H,109,133)(H,110,132)(H,123,124)(H,141,142)(H4,88,89,91)/t43-,44+,45+,46+,49-,50-,51-,52-,53-,54-,55-,56-,57-,58-,59-,60-,61-,66-,67-,68-,69-/m0/s1. The Morgan fingerprint density at radius 3 is 1.06 bits per heavy atom. The van der Waals surface area contributed by atoms with Gasteiger partial charge in [0.1, 0.15) is 96.7 Å². The summed E-state index contributed by atoms with van der Waals surface area (Å²) in [6.45, 7) is 3.71. The molecule has 0 aromatic heterocycles. The molecular formula is C87H137N23O32. The van der Waals surface area contributed by atoms with Crippen molar-refractivity contribution in [1.29, 1.82) is 5.41 Å². The third kappa shape index (κ3) is 43.5. The Kier molecular flexibility index (Phi) is 54.3. The number of nitrogens with two attached hydrogens (primary N) is 1. The fourth-order valence-corrected chi connectivity index (χ4v) is 13.7. The lowest BCUT2D eigenvalue weighted by Gasteiger charge is -2.30. The number of rotatable bonds is 64. The van der Waals surface area contributed by atoms with Crippen LogP contribution >= 0.6 is 0 Å². The van der Waals surface area contributed by atoms with Gasteiger partial charge in [-0.05, 0) is 94.7 Å². The van der Waals surface area contributed by atoms with Gasteiger partial charge in [0.05, 0.1) is 90.1 Å².